The number of furan rings is 1. The summed E-state index contributed by atoms with van der Waals surface area (Å²) in [5.41, 5.74) is 11.8. The first-order valence-electron chi connectivity index (χ1n) is 11.7. The summed E-state index contributed by atoms with van der Waals surface area (Å²) < 4.78 is 12.0. The molecule has 0 amide bonds. The normalized spacial score (nSPS) is 17.1. The maximum Gasteiger partial charge on any atom is 0.136 e. The van der Waals surface area contributed by atoms with Gasteiger partial charge in [-0.1, -0.05) is 78.9 Å². The first kappa shape index (κ1) is 18.2. The predicted octanol–water partition coefficient (Wildman–Crippen LogP) is 7.94. The highest BCUT2D eigenvalue weighted by Crippen LogP contribution is 2.64. The van der Waals surface area contributed by atoms with Crippen LogP contribution in [0, 0.1) is 0 Å². The van der Waals surface area contributed by atoms with Gasteiger partial charge in [0, 0.05) is 10.8 Å². The Bertz CT molecular complexity index is 1810. The van der Waals surface area contributed by atoms with Crippen LogP contribution in [0.1, 0.15) is 22.3 Å². The minimum atomic E-state index is -0.390. The molecule has 5 aromatic carbocycles. The Balaban J connectivity index is 1.63. The molecule has 34 heavy (non-hydrogen) atoms. The molecule has 1 aromatic heterocycles. The van der Waals surface area contributed by atoms with Crippen molar-refractivity contribution in [1.82, 2.24) is 0 Å². The summed E-state index contributed by atoms with van der Waals surface area (Å²) in [5.74, 6) is 0.881. The van der Waals surface area contributed by atoms with Crippen LogP contribution in [0.3, 0.4) is 0 Å². The lowest BCUT2D eigenvalue weighted by Crippen LogP contribution is -2.25. The Labute approximate surface area is 197 Å². The lowest BCUT2D eigenvalue weighted by atomic mass is 9.70. The van der Waals surface area contributed by atoms with E-state index < -0.39 is 0 Å². The SMILES string of the molecule is COc1ccc2c(c1)[C@]1(c3ccccc3-2)c2ccccc2-c2c1ccc1oc3ccccc3c21. The third kappa shape index (κ3) is 1.95. The number of benzene rings is 5. The van der Waals surface area contributed by atoms with Gasteiger partial charge in [0.2, 0.25) is 0 Å². The standard InChI is InChI=1S/C32H20O2/c1-33-19-14-15-21-20-8-2-5-11-24(20)32(27(21)18-19)25-12-6-3-9-22(25)30-26(32)16-17-29-31(30)23-10-4-7-13-28(23)34-29/h2-18H,1H3/t32-/m1/s1. The molecule has 2 nitrogen and oxygen atoms in total. The van der Waals surface area contributed by atoms with Gasteiger partial charge in [-0.15, -0.1) is 0 Å². The van der Waals surface area contributed by atoms with Gasteiger partial charge >= 0.3 is 0 Å². The molecule has 0 N–H and O–H groups in total. The van der Waals surface area contributed by atoms with Crippen LogP contribution in [-0.4, -0.2) is 7.11 Å². The smallest absolute Gasteiger partial charge is 0.136 e. The summed E-state index contributed by atoms with van der Waals surface area (Å²) in [6, 6.07) is 37.1. The van der Waals surface area contributed by atoms with Gasteiger partial charge in [-0.2, -0.15) is 0 Å². The van der Waals surface area contributed by atoms with Crippen LogP contribution in [0.4, 0.5) is 0 Å². The zero-order valence-electron chi connectivity index (χ0n) is 18.6. The summed E-state index contributed by atoms with van der Waals surface area (Å²) in [6.07, 6.45) is 0. The molecule has 1 spiro atoms. The van der Waals surface area contributed by atoms with Crippen molar-refractivity contribution < 1.29 is 9.15 Å². The van der Waals surface area contributed by atoms with Crippen molar-refractivity contribution in [2.75, 3.05) is 7.11 Å². The number of hydrogen-bond donors (Lipinski definition) is 0. The molecule has 8 rings (SSSR count). The molecule has 6 aromatic rings. The fourth-order valence-corrected chi connectivity index (χ4v) is 6.55. The highest BCUT2D eigenvalue weighted by Gasteiger charge is 2.52. The Morgan fingerprint density at radius 3 is 2.15 bits per heavy atom. The average molecular weight is 437 g/mol. The average Bonchev–Trinajstić information content (AvgIpc) is 3.52. The van der Waals surface area contributed by atoms with E-state index >= 15 is 0 Å². The van der Waals surface area contributed by atoms with E-state index in [0.717, 1.165) is 16.9 Å². The fraction of sp³-hybridized carbons (Fsp3) is 0.0625. The van der Waals surface area contributed by atoms with E-state index in [1.54, 1.807) is 7.11 Å². The highest BCUT2D eigenvalue weighted by atomic mass is 16.5. The van der Waals surface area contributed by atoms with Gasteiger partial charge in [-0.25, -0.2) is 0 Å². The van der Waals surface area contributed by atoms with Gasteiger partial charge in [0.1, 0.15) is 16.9 Å². The summed E-state index contributed by atoms with van der Waals surface area (Å²) >= 11 is 0. The number of hydrogen-bond acceptors (Lipinski definition) is 2. The van der Waals surface area contributed by atoms with Crippen LogP contribution < -0.4 is 4.74 Å². The molecule has 1 atom stereocenters. The first-order valence-corrected chi connectivity index (χ1v) is 11.7. The molecule has 0 unspecified atom stereocenters. The van der Waals surface area contributed by atoms with Crippen molar-refractivity contribution in [2.45, 2.75) is 5.41 Å². The van der Waals surface area contributed by atoms with Crippen molar-refractivity contribution in [3.05, 3.63) is 125 Å². The fourth-order valence-electron chi connectivity index (χ4n) is 6.55. The Kier molecular flexibility index (Phi) is 3.30. The number of ether oxygens (including phenoxy) is 1. The Morgan fingerprint density at radius 1 is 0.588 bits per heavy atom. The van der Waals surface area contributed by atoms with Gasteiger partial charge in [0.15, 0.2) is 0 Å². The van der Waals surface area contributed by atoms with E-state index in [1.165, 1.54) is 55.3 Å². The van der Waals surface area contributed by atoms with Crippen molar-refractivity contribution in [1.29, 1.82) is 0 Å². The van der Waals surface area contributed by atoms with E-state index in [1.807, 2.05) is 6.07 Å². The zero-order chi connectivity index (χ0) is 22.4. The van der Waals surface area contributed by atoms with E-state index in [9.17, 15) is 0 Å². The lowest BCUT2D eigenvalue weighted by molar-refractivity contribution is 0.414. The van der Waals surface area contributed by atoms with Crippen molar-refractivity contribution in [3.63, 3.8) is 0 Å². The molecule has 2 aliphatic carbocycles. The molecule has 0 fully saturated rings. The number of para-hydroxylation sites is 1. The summed E-state index contributed by atoms with van der Waals surface area (Å²) in [7, 11) is 1.74. The quantitative estimate of drug-likeness (QED) is 0.261. The number of fused-ring (bicyclic) bond motifs is 14. The minimum Gasteiger partial charge on any atom is -0.497 e. The molecule has 0 bridgehead atoms. The van der Waals surface area contributed by atoms with E-state index in [-0.39, 0.29) is 5.41 Å². The molecule has 0 radical (unpaired) electrons. The third-order valence-corrected chi connectivity index (χ3v) is 7.80. The molecule has 2 heteroatoms. The molecule has 0 aliphatic heterocycles. The van der Waals surface area contributed by atoms with Crippen LogP contribution >= 0.6 is 0 Å². The van der Waals surface area contributed by atoms with Gasteiger partial charge < -0.3 is 9.15 Å². The molecule has 160 valence electrons. The second kappa shape index (κ2) is 6.18. The second-order valence-corrected chi connectivity index (χ2v) is 9.21. The molecule has 1 heterocycles. The largest absolute Gasteiger partial charge is 0.497 e. The molecule has 0 saturated heterocycles. The third-order valence-electron chi connectivity index (χ3n) is 7.80. The maximum atomic E-state index is 6.30. The van der Waals surface area contributed by atoms with Gasteiger partial charge in [-0.05, 0) is 68.8 Å². The molecule has 0 saturated carbocycles. The van der Waals surface area contributed by atoms with Gasteiger partial charge in [0.05, 0.1) is 12.5 Å². The van der Waals surface area contributed by atoms with Crippen molar-refractivity contribution >= 4 is 21.9 Å². The van der Waals surface area contributed by atoms with Crippen molar-refractivity contribution in [2.24, 2.45) is 0 Å². The Hall–Kier alpha value is -4.30. The second-order valence-electron chi connectivity index (χ2n) is 9.21. The summed E-state index contributed by atoms with van der Waals surface area (Å²) in [5, 5.41) is 2.37. The molecular weight excluding hydrogens is 416 g/mol. The van der Waals surface area contributed by atoms with E-state index in [0.29, 0.717) is 0 Å². The maximum absolute atomic E-state index is 6.30. The van der Waals surface area contributed by atoms with Crippen LogP contribution in [0.2, 0.25) is 0 Å². The van der Waals surface area contributed by atoms with Crippen molar-refractivity contribution in [3.8, 4) is 28.0 Å². The minimum absolute atomic E-state index is 0.390. The van der Waals surface area contributed by atoms with Crippen LogP contribution in [0.5, 0.6) is 5.75 Å². The molecular formula is C32H20O2. The first-order chi connectivity index (χ1) is 16.8. The lowest BCUT2D eigenvalue weighted by Gasteiger charge is -2.30. The highest BCUT2D eigenvalue weighted by molar-refractivity contribution is 6.16. The van der Waals surface area contributed by atoms with Crippen LogP contribution in [-0.2, 0) is 5.41 Å². The molecule has 2 aliphatic rings. The van der Waals surface area contributed by atoms with Gasteiger partial charge in [0.25, 0.3) is 0 Å². The van der Waals surface area contributed by atoms with E-state index in [2.05, 4.69) is 97.1 Å². The predicted molar refractivity (Wildman–Crippen MR) is 137 cm³/mol. The monoisotopic (exact) mass is 436 g/mol. The summed E-state index contributed by atoms with van der Waals surface area (Å²) in [4.78, 5) is 0. The Morgan fingerprint density at radius 2 is 1.29 bits per heavy atom. The van der Waals surface area contributed by atoms with Gasteiger partial charge in [-0.3, -0.25) is 0 Å². The number of methoxy groups -OCH3 is 1. The summed E-state index contributed by atoms with van der Waals surface area (Å²) in [6.45, 7) is 0. The number of rotatable bonds is 1. The van der Waals surface area contributed by atoms with Crippen LogP contribution in [0.15, 0.2) is 108 Å². The topological polar surface area (TPSA) is 22.4 Å². The zero-order valence-corrected chi connectivity index (χ0v) is 18.6. The van der Waals surface area contributed by atoms with Crippen LogP contribution in [0.25, 0.3) is 44.2 Å². The van der Waals surface area contributed by atoms with E-state index in [4.69, 9.17) is 9.15 Å².